The van der Waals surface area contributed by atoms with Gasteiger partial charge in [-0.05, 0) is 56.0 Å². The Morgan fingerprint density at radius 2 is 1.96 bits per heavy atom. The molecule has 0 saturated carbocycles. The molecule has 0 spiro atoms. The predicted molar refractivity (Wildman–Crippen MR) is 93.5 cm³/mol. The third kappa shape index (κ3) is 3.94. The maximum absolute atomic E-state index is 13.0. The highest BCUT2D eigenvalue weighted by Crippen LogP contribution is 2.22. The molecule has 2 heterocycles. The van der Waals surface area contributed by atoms with Crippen molar-refractivity contribution in [2.24, 2.45) is 11.7 Å². The summed E-state index contributed by atoms with van der Waals surface area (Å²) in [6.45, 7) is 3.46. The zero-order valence-corrected chi connectivity index (χ0v) is 14.4. The molecule has 3 N–H and O–H groups in total. The number of likely N-dealkylation sites (tertiary alicyclic amines) is 1. The molecule has 1 fully saturated rings. The Bertz CT molecular complexity index is 678. The van der Waals surface area contributed by atoms with Crippen molar-refractivity contribution in [2.75, 3.05) is 13.1 Å². The lowest BCUT2D eigenvalue weighted by atomic mass is 9.91. The number of amides is 1. The molecule has 0 aliphatic carbocycles. The van der Waals surface area contributed by atoms with Gasteiger partial charge in [-0.25, -0.2) is 4.39 Å². The Morgan fingerprint density at radius 3 is 2.54 bits per heavy atom. The van der Waals surface area contributed by atoms with Crippen molar-refractivity contribution in [1.29, 1.82) is 0 Å². The first-order valence-corrected chi connectivity index (χ1v) is 7.91. The molecule has 0 bridgehead atoms. The van der Waals surface area contributed by atoms with E-state index in [1.165, 1.54) is 12.1 Å². The van der Waals surface area contributed by atoms with Crippen LogP contribution in [0.3, 0.4) is 0 Å². The second kappa shape index (κ2) is 7.77. The number of piperidine rings is 1. The van der Waals surface area contributed by atoms with Crippen LogP contribution in [0, 0.1) is 11.7 Å². The molecule has 1 atom stereocenters. The normalized spacial score (nSPS) is 16.5. The lowest BCUT2D eigenvalue weighted by molar-refractivity contribution is 0.0675. The Kier molecular flexibility index (Phi) is 5.96. The number of aromatic amines is 1. The van der Waals surface area contributed by atoms with Crippen molar-refractivity contribution >= 4 is 18.3 Å². The van der Waals surface area contributed by atoms with Crippen LogP contribution in [0.2, 0.25) is 0 Å². The zero-order chi connectivity index (χ0) is 16.4. The summed E-state index contributed by atoms with van der Waals surface area (Å²) >= 11 is 0. The summed E-state index contributed by atoms with van der Waals surface area (Å²) in [6, 6.07) is 7.94. The van der Waals surface area contributed by atoms with Crippen LogP contribution in [0.4, 0.5) is 4.39 Å². The number of carbonyl (C=O) groups is 1. The van der Waals surface area contributed by atoms with Gasteiger partial charge in [-0.1, -0.05) is 0 Å². The van der Waals surface area contributed by atoms with E-state index in [4.69, 9.17) is 5.73 Å². The number of H-pyrrole nitrogens is 1. The fraction of sp³-hybridized carbons (Fsp3) is 0.412. The average Bonchev–Trinajstić information content (AvgIpc) is 3.05. The van der Waals surface area contributed by atoms with E-state index in [1.807, 2.05) is 11.8 Å². The van der Waals surface area contributed by atoms with Crippen LogP contribution in [0.25, 0.3) is 11.3 Å². The first-order chi connectivity index (χ1) is 11.0. The Balaban J connectivity index is 0.00000208. The minimum Gasteiger partial charge on any atom is -0.337 e. The van der Waals surface area contributed by atoms with Crippen LogP contribution in [-0.2, 0) is 0 Å². The molecule has 1 saturated heterocycles. The van der Waals surface area contributed by atoms with E-state index < -0.39 is 0 Å². The highest BCUT2D eigenvalue weighted by Gasteiger charge is 2.26. The number of nitrogens with one attached hydrogen (secondary N) is 1. The molecule has 0 radical (unpaired) electrons. The van der Waals surface area contributed by atoms with Crippen LogP contribution in [0.1, 0.15) is 30.3 Å². The lowest BCUT2D eigenvalue weighted by Crippen LogP contribution is -2.42. The Morgan fingerprint density at radius 1 is 1.33 bits per heavy atom. The SMILES string of the molecule is CC(N)C1CCN(C(=O)c2cc(-c3ccc(F)cc3)n[nH]2)CC1.Cl. The van der Waals surface area contributed by atoms with E-state index in [2.05, 4.69) is 10.2 Å². The summed E-state index contributed by atoms with van der Waals surface area (Å²) in [7, 11) is 0. The van der Waals surface area contributed by atoms with Crippen LogP contribution in [-0.4, -0.2) is 40.1 Å². The van der Waals surface area contributed by atoms with E-state index >= 15 is 0 Å². The van der Waals surface area contributed by atoms with Crippen LogP contribution in [0.15, 0.2) is 30.3 Å². The van der Waals surface area contributed by atoms with Gasteiger partial charge >= 0.3 is 0 Å². The number of aromatic nitrogens is 2. The number of nitrogens with two attached hydrogens (primary N) is 1. The quantitative estimate of drug-likeness (QED) is 0.891. The summed E-state index contributed by atoms with van der Waals surface area (Å²) in [5.41, 5.74) is 7.81. The van der Waals surface area contributed by atoms with Crippen molar-refractivity contribution in [1.82, 2.24) is 15.1 Å². The smallest absolute Gasteiger partial charge is 0.271 e. The molecule has 1 aromatic heterocycles. The number of nitrogens with zero attached hydrogens (tertiary/aromatic N) is 2. The zero-order valence-electron chi connectivity index (χ0n) is 13.5. The summed E-state index contributed by atoms with van der Waals surface area (Å²) in [6.07, 6.45) is 1.87. The summed E-state index contributed by atoms with van der Waals surface area (Å²) < 4.78 is 13.0. The molecular formula is C17H22ClFN4O. The monoisotopic (exact) mass is 352 g/mol. The van der Waals surface area contributed by atoms with E-state index in [1.54, 1.807) is 18.2 Å². The van der Waals surface area contributed by atoms with Gasteiger partial charge in [-0.2, -0.15) is 5.10 Å². The van der Waals surface area contributed by atoms with Crippen LogP contribution < -0.4 is 5.73 Å². The van der Waals surface area contributed by atoms with Gasteiger partial charge in [0.1, 0.15) is 11.5 Å². The second-order valence-electron chi connectivity index (χ2n) is 6.16. The Labute approximate surface area is 146 Å². The van der Waals surface area contributed by atoms with Crippen molar-refractivity contribution in [2.45, 2.75) is 25.8 Å². The van der Waals surface area contributed by atoms with Crippen molar-refractivity contribution < 1.29 is 9.18 Å². The molecule has 2 aromatic rings. The molecule has 1 aliphatic heterocycles. The van der Waals surface area contributed by atoms with Crippen molar-refractivity contribution in [3.05, 3.63) is 41.8 Å². The summed E-state index contributed by atoms with van der Waals surface area (Å²) in [5, 5.41) is 6.95. The summed E-state index contributed by atoms with van der Waals surface area (Å²) in [5.74, 6) is 0.141. The van der Waals surface area contributed by atoms with E-state index in [-0.39, 0.29) is 30.2 Å². The summed E-state index contributed by atoms with van der Waals surface area (Å²) in [4.78, 5) is 14.4. The minimum atomic E-state index is -0.294. The molecule has 1 unspecified atom stereocenters. The highest BCUT2D eigenvalue weighted by molar-refractivity contribution is 5.93. The number of hydrogen-bond acceptors (Lipinski definition) is 3. The number of halogens is 2. The molecule has 1 aliphatic rings. The average molecular weight is 353 g/mol. The highest BCUT2D eigenvalue weighted by atomic mass is 35.5. The van der Waals surface area contributed by atoms with E-state index in [0.717, 1.165) is 31.5 Å². The van der Waals surface area contributed by atoms with Gasteiger partial charge in [0.25, 0.3) is 5.91 Å². The Hall–Kier alpha value is -1.92. The fourth-order valence-electron chi connectivity index (χ4n) is 3.00. The largest absolute Gasteiger partial charge is 0.337 e. The topological polar surface area (TPSA) is 75.0 Å². The first-order valence-electron chi connectivity index (χ1n) is 7.91. The van der Waals surface area contributed by atoms with Crippen molar-refractivity contribution in [3.8, 4) is 11.3 Å². The van der Waals surface area contributed by atoms with Gasteiger partial charge in [0.15, 0.2) is 0 Å². The molecule has 1 amide bonds. The molecule has 7 heteroatoms. The van der Waals surface area contributed by atoms with Gasteiger partial charge in [-0.3, -0.25) is 9.89 Å². The molecular weight excluding hydrogens is 331 g/mol. The maximum atomic E-state index is 13.0. The van der Waals surface area contributed by atoms with Crippen LogP contribution >= 0.6 is 12.4 Å². The van der Waals surface area contributed by atoms with Gasteiger partial charge in [0, 0.05) is 24.7 Å². The number of hydrogen-bond donors (Lipinski definition) is 2. The number of benzene rings is 1. The molecule has 1 aromatic carbocycles. The van der Waals surface area contributed by atoms with E-state index in [9.17, 15) is 9.18 Å². The van der Waals surface area contributed by atoms with Gasteiger partial charge in [-0.15, -0.1) is 12.4 Å². The lowest BCUT2D eigenvalue weighted by Gasteiger charge is -2.33. The molecule has 3 rings (SSSR count). The fourth-order valence-corrected chi connectivity index (χ4v) is 3.00. The first kappa shape index (κ1) is 18.4. The molecule has 5 nitrogen and oxygen atoms in total. The van der Waals surface area contributed by atoms with Gasteiger partial charge in [0.2, 0.25) is 0 Å². The third-order valence-corrected chi connectivity index (χ3v) is 4.52. The van der Waals surface area contributed by atoms with Crippen LogP contribution in [0.5, 0.6) is 0 Å². The second-order valence-corrected chi connectivity index (χ2v) is 6.16. The van der Waals surface area contributed by atoms with Crippen molar-refractivity contribution in [3.63, 3.8) is 0 Å². The van der Waals surface area contributed by atoms with Gasteiger partial charge < -0.3 is 10.6 Å². The maximum Gasteiger partial charge on any atom is 0.271 e. The minimum absolute atomic E-state index is 0. The standard InChI is InChI=1S/C17H21FN4O.ClH/c1-11(19)12-6-8-22(9-7-12)17(23)16-10-15(20-21-16)13-2-4-14(18)5-3-13;/h2-5,10-12H,6-9,19H2,1H3,(H,20,21);1H. The number of carbonyl (C=O) groups excluding carboxylic acids is 1. The van der Waals surface area contributed by atoms with E-state index in [0.29, 0.717) is 17.3 Å². The van der Waals surface area contributed by atoms with Gasteiger partial charge in [0.05, 0.1) is 5.69 Å². The molecule has 24 heavy (non-hydrogen) atoms. The molecule has 130 valence electrons. The predicted octanol–water partition coefficient (Wildman–Crippen LogP) is 2.84. The number of rotatable bonds is 3. The third-order valence-electron chi connectivity index (χ3n) is 4.52.